The molecule has 7 nitrogen and oxygen atoms in total. The summed E-state index contributed by atoms with van der Waals surface area (Å²) >= 11 is 0. The number of imidazole rings is 1. The molecule has 1 aromatic carbocycles. The van der Waals surface area contributed by atoms with Crippen molar-refractivity contribution in [1.82, 2.24) is 24.7 Å². The molecule has 0 radical (unpaired) electrons. The summed E-state index contributed by atoms with van der Waals surface area (Å²) in [6, 6.07) is 17.5. The minimum atomic E-state index is -0.363. The van der Waals surface area contributed by atoms with Crippen molar-refractivity contribution in [2.24, 2.45) is 0 Å². The van der Waals surface area contributed by atoms with E-state index in [0.29, 0.717) is 11.5 Å². The van der Waals surface area contributed by atoms with Crippen LogP contribution in [0.3, 0.4) is 0 Å². The molecule has 5 rings (SSSR count). The number of nitrogens with zero attached hydrogens (tertiary/aromatic N) is 4. The number of carbonyl (C=O) groups excluding carboxylic acids is 1. The zero-order chi connectivity index (χ0) is 26.1. The van der Waals surface area contributed by atoms with E-state index in [4.69, 9.17) is 0 Å². The number of amides is 1. The van der Waals surface area contributed by atoms with Crippen molar-refractivity contribution in [3.63, 3.8) is 0 Å². The Morgan fingerprint density at radius 1 is 0.973 bits per heavy atom. The fourth-order valence-electron chi connectivity index (χ4n) is 4.29. The van der Waals surface area contributed by atoms with Crippen LogP contribution in [0, 0.1) is 32.6 Å². The van der Waals surface area contributed by atoms with E-state index in [1.54, 1.807) is 20.2 Å². The fourth-order valence-corrected chi connectivity index (χ4v) is 4.29. The van der Waals surface area contributed by atoms with Crippen molar-refractivity contribution in [3.05, 3.63) is 89.1 Å². The van der Waals surface area contributed by atoms with Gasteiger partial charge in [0.05, 0.1) is 17.4 Å². The average molecular weight is 489 g/mol. The second-order valence-electron chi connectivity index (χ2n) is 9.10. The van der Waals surface area contributed by atoms with Gasteiger partial charge < -0.3 is 10.6 Å². The van der Waals surface area contributed by atoms with Gasteiger partial charge in [0.2, 0.25) is 5.91 Å². The van der Waals surface area contributed by atoms with Gasteiger partial charge in [0.15, 0.2) is 0 Å². The summed E-state index contributed by atoms with van der Waals surface area (Å²) in [7, 11) is 1.75. The molecule has 4 aromatic heterocycles. The molecule has 0 spiro atoms. The van der Waals surface area contributed by atoms with Crippen LogP contribution in [0.1, 0.15) is 35.3 Å². The highest BCUT2D eigenvalue weighted by atomic mass is 16.2. The van der Waals surface area contributed by atoms with E-state index in [9.17, 15) is 4.79 Å². The van der Waals surface area contributed by atoms with Crippen LogP contribution >= 0.6 is 0 Å². The first-order valence-electron chi connectivity index (χ1n) is 12.2. The number of hydrogen-bond donors (Lipinski definition) is 2. The summed E-state index contributed by atoms with van der Waals surface area (Å²) in [5, 5.41) is 8.09. The Morgan fingerprint density at radius 2 is 1.81 bits per heavy atom. The van der Waals surface area contributed by atoms with Crippen LogP contribution in [0.2, 0.25) is 0 Å². The lowest BCUT2D eigenvalue weighted by molar-refractivity contribution is -0.117. The second-order valence-corrected chi connectivity index (χ2v) is 9.10. The highest BCUT2D eigenvalue weighted by Gasteiger charge is 2.15. The number of fused-ring (bicyclic) bond motifs is 2. The normalized spacial score (nSPS) is 11.8. The Balaban J connectivity index is 1.61. The van der Waals surface area contributed by atoms with Gasteiger partial charge in [0.1, 0.15) is 17.2 Å². The van der Waals surface area contributed by atoms with Crippen LogP contribution < -0.4 is 10.6 Å². The molecule has 0 aliphatic heterocycles. The van der Waals surface area contributed by atoms with Gasteiger partial charge in [-0.15, -0.1) is 0 Å². The zero-order valence-corrected chi connectivity index (χ0v) is 21.5. The summed E-state index contributed by atoms with van der Waals surface area (Å²) in [4.78, 5) is 26.3. The third-order valence-electron chi connectivity index (χ3n) is 6.61. The van der Waals surface area contributed by atoms with E-state index in [-0.39, 0.29) is 11.9 Å². The Kier molecular flexibility index (Phi) is 6.43. The maximum atomic E-state index is 12.6. The van der Waals surface area contributed by atoms with Crippen LogP contribution in [0.25, 0.3) is 27.7 Å². The molecule has 0 fully saturated rings. The van der Waals surface area contributed by atoms with Crippen molar-refractivity contribution in [3.8, 4) is 23.1 Å². The zero-order valence-electron chi connectivity index (χ0n) is 21.5. The average Bonchev–Trinajstić information content (AvgIpc) is 3.20. The van der Waals surface area contributed by atoms with Crippen molar-refractivity contribution < 1.29 is 4.79 Å². The summed E-state index contributed by atoms with van der Waals surface area (Å²) in [5.74, 6) is 6.72. The van der Waals surface area contributed by atoms with Gasteiger partial charge >= 0.3 is 0 Å². The summed E-state index contributed by atoms with van der Waals surface area (Å²) in [6.07, 6.45) is 1.81. The number of aromatic nitrogens is 4. The molecule has 4 heterocycles. The maximum Gasteiger partial charge on any atom is 0.242 e. The molecule has 0 aliphatic carbocycles. The van der Waals surface area contributed by atoms with Gasteiger partial charge in [-0.1, -0.05) is 18.1 Å². The van der Waals surface area contributed by atoms with Crippen molar-refractivity contribution in [2.45, 2.75) is 33.7 Å². The van der Waals surface area contributed by atoms with Crippen molar-refractivity contribution in [1.29, 1.82) is 0 Å². The molecule has 1 atom stereocenters. The first kappa shape index (κ1) is 24.2. The number of anilines is 1. The number of hydrogen-bond acceptors (Lipinski definition) is 5. The van der Waals surface area contributed by atoms with Gasteiger partial charge in [-0.05, 0) is 88.5 Å². The number of aryl methyl sites for hydroxylation is 3. The predicted octanol–water partition coefficient (Wildman–Crippen LogP) is 4.82. The first-order valence-corrected chi connectivity index (χ1v) is 12.2. The third-order valence-corrected chi connectivity index (χ3v) is 6.61. The molecule has 0 saturated carbocycles. The smallest absolute Gasteiger partial charge is 0.242 e. The minimum Gasteiger partial charge on any atom is -0.309 e. The van der Waals surface area contributed by atoms with E-state index in [0.717, 1.165) is 50.3 Å². The minimum absolute atomic E-state index is 0.169. The largest absolute Gasteiger partial charge is 0.309 e. The van der Waals surface area contributed by atoms with Gasteiger partial charge in [-0.25, -0.2) is 9.97 Å². The topological polar surface area (TPSA) is 84.2 Å². The standard InChI is InChI=1S/C30H28N6O/c1-18-21(4)36-27(7-6-8-29(36)33-18)24-16-25(34-28(17-24)35-30(37)20(3)31-5)11-9-22-10-12-26-19(2)32-14-13-23(26)15-22/h6-8,10,12-17,20,31H,1-5H3,(H,34,35,37). The number of rotatable bonds is 4. The van der Waals surface area contributed by atoms with Crippen LogP contribution in [0.15, 0.2) is 60.8 Å². The SMILES string of the molecule is CNC(C)C(=O)Nc1cc(-c2cccc3nc(C)c(C)n23)cc(C#Cc2ccc3c(C)nccc3c2)n1. The van der Waals surface area contributed by atoms with Crippen LogP contribution in [-0.4, -0.2) is 38.3 Å². The number of benzene rings is 1. The molecule has 5 aromatic rings. The molecule has 37 heavy (non-hydrogen) atoms. The summed E-state index contributed by atoms with van der Waals surface area (Å²) in [6.45, 7) is 7.85. The van der Waals surface area contributed by atoms with Gasteiger partial charge in [0, 0.05) is 34.1 Å². The molecular weight excluding hydrogens is 460 g/mol. The lowest BCUT2D eigenvalue weighted by Gasteiger charge is -2.13. The Labute approximate surface area is 216 Å². The molecule has 1 amide bonds. The van der Waals surface area contributed by atoms with E-state index in [1.165, 1.54) is 0 Å². The number of nitrogens with one attached hydrogen (secondary N) is 2. The summed E-state index contributed by atoms with van der Waals surface area (Å²) in [5.41, 5.74) is 7.16. The molecule has 0 aliphatic rings. The lowest BCUT2D eigenvalue weighted by atomic mass is 10.1. The van der Waals surface area contributed by atoms with E-state index < -0.39 is 0 Å². The maximum absolute atomic E-state index is 12.6. The molecule has 2 N–H and O–H groups in total. The van der Waals surface area contributed by atoms with E-state index >= 15 is 0 Å². The lowest BCUT2D eigenvalue weighted by Crippen LogP contribution is -2.35. The molecular formula is C30H28N6O. The predicted molar refractivity (Wildman–Crippen MR) is 148 cm³/mol. The van der Waals surface area contributed by atoms with Crippen LogP contribution in [-0.2, 0) is 4.79 Å². The van der Waals surface area contributed by atoms with Gasteiger partial charge in [0.25, 0.3) is 0 Å². The highest BCUT2D eigenvalue weighted by molar-refractivity contribution is 5.94. The van der Waals surface area contributed by atoms with Gasteiger partial charge in [-0.2, -0.15) is 0 Å². The highest BCUT2D eigenvalue weighted by Crippen LogP contribution is 2.26. The third kappa shape index (κ3) is 4.80. The van der Waals surface area contributed by atoms with Crippen LogP contribution in [0.4, 0.5) is 5.82 Å². The monoisotopic (exact) mass is 488 g/mol. The van der Waals surface area contributed by atoms with E-state index in [1.807, 2.05) is 62.4 Å². The summed E-state index contributed by atoms with van der Waals surface area (Å²) < 4.78 is 2.11. The molecule has 0 saturated heterocycles. The second kappa shape index (κ2) is 9.84. The Hall–Kier alpha value is -4.54. The Bertz CT molecular complexity index is 1720. The van der Waals surface area contributed by atoms with E-state index in [2.05, 4.69) is 54.8 Å². The molecule has 184 valence electrons. The molecule has 1 unspecified atom stereocenters. The number of carbonyl (C=O) groups is 1. The molecule has 7 heteroatoms. The van der Waals surface area contributed by atoms with Crippen molar-refractivity contribution >= 4 is 28.1 Å². The quantitative estimate of drug-likeness (QED) is 0.355. The number of pyridine rings is 3. The van der Waals surface area contributed by atoms with Crippen molar-refractivity contribution in [2.75, 3.05) is 12.4 Å². The van der Waals surface area contributed by atoms with Gasteiger partial charge in [-0.3, -0.25) is 14.2 Å². The fraction of sp³-hybridized carbons (Fsp3) is 0.200. The first-order chi connectivity index (χ1) is 17.8. The molecule has 0 bridgehead atoms. The number of likely N-dealkylation sites (N-methyl/N-ethyl adjacent to an activating group) is 1. The van der Waals surface area contributed by atoms with Crippen LogP contribution in [0.5, 0.6) is 0 Å². The Morgan fingerprint density at radius 3 is 2.62 bits per heavy atom.